The van der Waals surface area contributed by atoms with Gasteiger partial charge in [0.05, 0.1) is 24.1 Å². The smallest absolute Gasteiger partial charge is 0.254 e. The Balaban J connectivity index is 1.90. The minimum absolute atomic E-state index is 0.0375. The van der Waals surface area contributed by atoms with Gasteiger partial charge in [0.2, 0.25) is 0 Å². The van der Waals surface area contributed by atoms with Crippen LogP contribution in [0.1, 0.15) is 35.8 Å². The summed E-state index contributed by atoms with van der Waals surface area (Å²) in [6.45, 7) is 4.21. The molecule has 6 nitrogen and oxygen atoms in total. The standard InChI is InChI=1S/C19H21N5O/c1-14(2)18(16-7-5-9-20-13-16)23(3)19(25)15-6-4-8-17(12-15)24-11-10-21-22-24/h4-14,18H,1-3H3/t18-/m0/s1. The zero-order valence-electron chi connectivity index (χ0n) is 14.6. The maximum Gasteiger partial charge on any atom is 0.254 e. The van der Waals surface area contributed by atoms with Crippen LogP contribution >= 0.6 is 0 Å². The number of hydrogen-bond donors (Lipinski definition) is 0. The van der Waals surface area contributed by atoms with Gasteiger partial charge in [0.1, 0.15) is 0 Å². The van der Waals surface area contributed by atoms with Crippen molar-refractivity contribution in [2.75, 3.05) is 7.05 Å². The largest absolute Gasteiger partial charge is 0.334 e. The molecule has 0 saturated carbocycles. The van der Waals surface area contributed by atoms with E-state index in [-0.39, 0.29) is 17.9 Å². The number of hydrogen-bond acceptors (Lipinski definition) is 4. The highest BCUT2D eigenvalue weighted by atomic mass is 16.2. The first kappa shape index (κ1) is 16.8. The van der Waals surface area contributed by atoms with E-state index >= 15 is 0 Å². The first-order valence-electron chi connectivity index (χ1n) is 8.21. The third-order valence-corrected chi connectivity index (χ3v) is 4.18. The summed E-state index contributed by atoms with van der Waals surface area (Å²) in [6, 6.07) is 11.3. The van der Waals surface area contributed by atoms with Gasteiger partial charge in [-0.2, -0.15) is 0 Å². The van der Waals surface area contributed by atoms with Crippen LogP contribution in [0.2, 0.25) is 0 Å². The summed E-state index contributed by atoms with van der Waals surface area (Å²) in [5.74, 6) is 0.223. The summed E-state index contributed by atoms with van der Waals surface area (Å²) >= 11 is 0. The second-order valence-corrected chi connectivity index (χ2v) is 6.29. The lowest BCUT2D eigenvalue weighted by Crippen LogP contribution is -2.34. The molecule has 2 heterocycles. The fourth-order valence-corrected chi connectivity index (χ4v) is 3.06. The van der Waals surface area contributed by atoms with Crippen molar-refractivity contribution in [1.82, 2.24) is 24.9 Å². The number of rotatable bonds is 5. The molecule has 128 valence electrons. The quantitative estimate of drug-likeness (QED) is 0.718. The highest BCUT2D eigenvalue weighted by Gasteiger charge is 2.25. The zero-order chi connectivity index (χ0) is 17.8. The molecule has 0 bridgehead atoms. The number of amides is 1. The first-order chi connectivity index (χ1) is 12.1. The van der Waals surface area contributed by atoms with Gasteiger partial charge in [0.15, 0.2) is 0 Å². The second-order valence-electron chi connectivity index (χ2n) is 6.29. The van der Waals surface area contributed by atoms with E-state index in [1.165, 1.54) is 0 Å². The minimum atomic E-state index is -0.0452. The van der Waals surface area contributed by atoms with Crippen molar-refractivity contribution in [2.24, 2.45) is 5.92 Å². The van der Waals surface area contributed by atoms with Crippen LogP contribution in [0.25, 0.3) is 5.69 Å². The van der Waals surface area contributed by atoms with Gasteiger partial charge in [0.25, 0.3) is 5.91 Å². The number of benzene rings is 1. The van der Waals surface area contributed by atoms with Gasteiger partial charge in [-0.3, -0.25) is 9.78 Å². The number of nitrogens with zero attached hydrogens (tertiary/aromatic N) is 5. The molecule has 3 rings (SSSR count). The third-order valence-electron chi connectivity index (χ3n) is 4.18. The van der Waals surface area contributed by atoms with Crippen LogP contribution < -0.4 is 0 Å². The fraction of sp³-hybridized carbons (Fsp3) is 0.263. The van der Waals surface area contributed by atoms with Gasteiger partial charge in [-0.05, 0) is 35.7 Å². The molecule has 0 spiro atoms. The average Bonchev–Trinajstić information content (AvgIpc) is 3.16. The van der Waals surface area contributed by atoms with Crippen molar-refractivity contribution in [3.63, 3.8) is 0 Å². The molecule has 0 radical (unpaired) electrons. The fourth-order valence-electron chi connectivity index (χ4n) is 3.06. The molecule has 1 aromatic carbocycles. The molecule has 3 aromatic rings. The van der Waals surface area contributed by atoms with Crippen LogP contribution in [0.5, 0.6) is 0 Å². The molecule has 6 heteroatoms. The van der Waals surface area contributed by atoms with Crippen LogP contribution in [0, 0.1) is 5.92 Å². The number of carbonyl (C=O) groups excluding carboxylic acids is 1. The van der Waals surface area contributed by atoms with Crippen LogP contribution in [0.15, 0.2) is 61.2 Å². The molecule has 1 amide bonds. The van der Waals surface area contributed by atoms with Crippen LogP contribution in [0.4, 0.5) is 0 Å². The van der Waals surface area contributed by atoms with Gasteiger partial charge >= 0.3 is 0 Å². The Morgan fingerprint density at radius 3 is 2.64 bits per heavy atom. The Labute approximate surface area is 147 Å². The van der Waals surface area contributed by atoms with E-state index in [0.717, 1.165) is 11.3 Å². The second kappa shape index (κ2) is 7.25. The van der Waals surface area contributed by atoms with Gasteiger partial charge in [-0.25, -0.2) is 4.68 Å². The van der Waals surface area contributed by atoms with E-state index in [1.807, 2.05) is 49.6 Å². The summed E-state index contributed by atoms with van der Waals surface area (Å²) < 4.78 is 1.64. The molecule has 0 N–H and O–H groups in total. The molecular formula is C19H21N5O. The van der Waals surface area contributed by atoms with Crippen molar-refractivity contribution in [1.29, 1.82) is 0 Å². The van der Waals surface area contributed by atoms with Crippen molar-refractivity contribution in [3.8, 4) is 5.69 Å². The van der Waals surface area contributed by atoms with Gasteiger partial charge < -0.3 is 4.90 Å². The summed E-state index contributed by atoms with van der Waals surface area (Å²) in [5, 5.41) is 7.79. The van der Waals surface area contributed by atoms with Gasteiger partial charge in [-0.15, -0.1) is 5.10 Å². The minimum Gasteiger partial charge on any atom is -0.334 e. The molecule has 0 saturated heterocycles. The third kappa shape index (κ3) is 3.57. The normalized spacial score (nSPS) is 12.2. The first-order valence-corrected chi connectivity index (χ1v) is 8.21. The molecule has 0 fully saturated rings. The van der Waals surface area contributed by atoms with E-state index in [9.17, 15) is 4.79 Å². The Hall–Kier alpha value is -3.02. The molecular weight excluding hydrogens is 314 g/mol. The molecule has 1 atom stereocenters. The predicted molar refractivity (Wildman–Crippen MR) is 95.3 cm³/mol. The van der Waals surface area contributed by atoms with Gasteiger partial charge in [-0.1, -0.05) is 31.2 Å². The average molecular weight is 335 g/mol. The van der Waals surface area contributed by atoms with Gasteiger partial charge in [0, 0.05) is 25.0 Å². The van der Waals surface area contributed by atoms with E-state index in [0.29, 0.717) is 5.56 Å². The van der Waals surface area contributed by atoms with Crippen LogP contribution in [-0.4, -0.2) is 37.8 Å². The maximum atomic E-state index is 13.0. The van der Waals surface area contributed by atoms with Crippen LogP contribution in [-0.2, 0) is 0 Å². The highest BCUT2D eigenvalue weighted by molar-refractivity contribution is 5.94. The Bertz CT molecular complexity index is 830. The predicted octanol–water partition coefficient (Wildman–Crippen LogP) is 3.13. The molecule has 0 aliphatic rings. The summed E-state index contributed by atoms with van der Waals surface area (Å²) in [5.41, 5.74) is 2.45. The Morgan fingerprint density at radius 2 is 2.00 bits per heavy atom. The molecule has 25 heavy (non-hydrogen) atoms. The lowest BCUT2D eigenvalue weighted by atomic mass is 9.95. The monoisotopic (exact) mass is 335 g/mol. The van der Waals surface area contributed by atoms with E-state index in [2.05, 4.69) is 29.1 Å². The van der Waals surface area contributed by atoms with Crippen molar-refractivity contribution < 1.29 is 4.79 Å². The lowest BCUT2D eigenvalue weighted by molar-refractivity contribution is 0.0687. The number of aromatic nitrogens is 4. The van der Waals surface area contributed by atoms with E-state index in [1.54, 1.807) is 28.2 Å². The maximum absolute atomic E-state index is 13.0. The molecule has 0 aliphatic carbocycles. The lowest BCUT2D eigenvalue weighted by Gasteiger charge is -2.31. The Morgan fingerprint density at radius 1 is 1.16 bits per heavy atom. The summed E-state index contributed by atoms with van der Waals surface area (Å²) in [7, 11) is 1.84. The number of carbonyl (C=O) groups is 1. The SMILES string of the molecule is CC(C)[C@@H](c1cccnc1)N(C)C(=O)c1cccc(-n2ccnn2)c1. The highest BCUT2D eigenvalue weighted by Crippen LogP contribution is 2.28. The number of pyridine rings is 1. The van der Waals surface area contributed by atoms with E-state index < -0.39 is 0 Å². The van der Waals surface area contributed by atoms with Crippen LogP contribution in [0.3, 0.4) is 0 Å². The molecule has 0 unspecified atom stereocenters. The van der Waals surface area contributed by atoms with Crippen molar-refractivity contribution in [3.05, 3.63) is 72.3 Å². The van der Waals surface area contributed by atoms with Crippen molar-refractivity contribution >= 4 is 5.91 Å². The molecule has 2 aromatic heterocycles. The van der Waals surface area contributed by atoms with E-state index in [4.69, 9.17) is 0 Å². The van der Waals surface area contributed by atoms with Crippen molar-refractivity contribution in [2.45, 2.75) is 19.9 Å². The zero-order valence-corrected chi connectivity index (χ0v) is 14.6. The Kier molecular flexibility index (Phi) is 4.88. The summed E-state index contributed by atoms with van der Waals surface area (Å²) in [4.78, 5) is 19.0. The summed E-state index contributed by atoms with van der Waals surface area (Å²) in [6.07, 6.45) is 6.92. The molecule has 0 aliphatic heterocycles. The topological polar surface area (TPSA) is 63.9 Å².